The molecule has 1 aromatic heterocycles. The van der Waals surface area contributed by atoms with Gasteiger partial charge in [0.15, 0.2) is 0 Å². The number of benzene rings is 2. The highest BCUT2D eigenvalue weighted by Gasteiger charge is 2.47. The molecule has 6 nitrogen and oxygen atoms in total. The molecule has 2 unspecified atom stereocenters. The maximum atomic E-state index is 14.8. The van der Waals surface area contributed by atoms with Gasteiger partial charge in [0, 0.05) is 52.9 Å². The summed E-state index contributed by atoms with van der Waals surface area (Å²) >= 11 is 8.22. The molecule has 7 rings (SSSR count). The number of piperidine rings is 1. The van der Waals surface area contributed by atoms with Crippen LogP contribution in [0.2, 0.25) is 5.02 Å². The van der Waals surface area contributed by atoms with Crippen molar-refractivity contribution in [3.8, 4) is 11.1 Å². The summed E-state index contributed by atoms with van der Waals surface area (Å²) in [7, 11) is 0. The number of nitrogens with zero attached hydrogens (tertiary/aromatic N) is 4. The number of halogens is 3. The molecule has 4 aliphatic rings. The fourth-order valence-electron chi connectivity index (χ4n) is 5.35. The first-order valence-corrected chi connectivity index (χ1v) is 12.3. The first kappa shape index (κ1) is 21.6. The summed E-state index contributed by atoms with van der Waals surface area (Å²) in [5, 5.41) is 1.03. The molecule has 0 N–H and O–H groups in total. The zero-order valence-corrected chi connectivity index (χ0v) is 19.5. The second-order valence-corrected chi connectivity index (χ2v) is 10.2. The Morgan fingerprint density at radius 3 is 2.71 bits per heavy atom. The van der Waals surface area contributed by atoms with Crippen molar-refractivity contribution in [1.29, 1.82) is 0 Å². The van der Waals surface area contributed by atoms with Crippen LogP contribution in [-0.4, -0.2) is 51.3 Å². The fraction of sp³-hybridized carbons (Fsp3) is 0.292. The topological polar surface area (TPSA) is 58.4 Å². The normalized spacial score (nSPS) is 20.9. The van der Waals surface area contributed by atoms with Crippen LogP contribution in [0.5, 0.6) is 0 Å². The lowest BCUT2D eigenvalue weighted by molar-refractivity contribution is -0.128. The molecular weight excluding hydrogens is 482 g/mol. The summed E-state index contributed by atoms with van der Waals surface area (Å²) in [6, 6.07) is 5.21. The molecule has 0 radical (unpaired) electrons. The summed E-state index contributed by atoms with van der Waals surface area (Å²) in [6.45, 7) is 5.10. The highest BCUT2D eigenvalue weighted by atomic mass is 35.5. The number of carbonyl (C=O) groups excluding carboxylic acids is 1. The van der Waals surface area contributed by atoms with E-state index in [1.807, 2.05) is 0 Å². The zero-order chi connectivity index (χ0) is 23.7. The lowest BCUT2D eigenvalue weighted by Crippen LogP contribution is -2.70. The molecule has 2 atom stereocenters. The first-order valence-electron chi connectivity index (χ1n) is 10.9. The van der Waals surface area contributed by atoms with E-state index in [1.165, 1.54) is 30.0 Å². The van der Waals surface area contributed by atoms with Gasteiger partial charge < -0.3 is 9.80 Å². The second-order valence-electron chi connectivity index (χ2n) is 8.70. The molecule has 4 aliphatic heterocycles. The smallest absolute Gasteiger partial charge is 0.346 e. The Hall–Kier alpha value is -2.91. The summed E-state index contributed by atoms with van der Waals surface area (Å²) in [5.74, 6) is -0.343. The van der Waals surface area contributed by atoms with Crippen molar-refractivity contribution in [2.45, 2.75) is 29.9 Å². The molecule has 0 aliphatic carbocycles. The van der Waals surface area contributed by atoms with E-state index in [0.717, 1.165) is 17.9 Å². The molecule has 3 fully saturated rings. The highest BCUT2D eigenvalue weighted by molar-refractivity contribution is 7.99. The lowest BCUT2D eigenvalue weighted by atomic mass is 9.86. The van der Waals surface area contributed by atoms with E-state index in [1.54, 1.807) is 15.5 Å². The molecule has 1 amide bonds. The average Bonchev–Trinajstić information content (AvgIpc) is 2.82. The van der Waals surface area contributed by atoms with Crippen LogP contribution >= 0.6 is 23.4 Å². The third kappa shape index (κ3) is 3.10. The number of rotatable bonds is 3. The van der Waals surface area contributed by atoms with Crippen LogP contribution in [0.4, 0.5) is 14.6 Å². The molecule has 0 saturated carbocycles. The standard InChI is InChI=1S/C24H19ClF2N4O2S/c1-2-19(32)29-10-13-8-14(11-29)31(13)23-16-9-17(25)20(15-4-3-12(26)7-18(15)27)22-21(16)30(5-6-34-22)24(33)28-23/h2-4,7,9,13-14H,1,5-6,8,10-11H2. The van der Waals surface area contributed by atoms with Gasteiger partial charge in [-0.3, -0.25) is 9.36 Å². The number of hydrogen-bond donors (Lipinski definition) is 0. The third-order valence-electron chi connectivity index (χ3n) is 6.84. The Morgan fingerprint density at radius 2 is 2.00 bits per heavy atom. The van der Waals surface area contributed by atoms with E-state index in [4.69, 9.17) is 11.6 Å². The number of fused-ring (bicyclic) bond motifs is 2. The quantitative estimate of drug-likeness (QED) is 0.507. The minimum Gasteiger partial charge on any atom is -0.346 e. The van der Waals surface area contributed by atoms with Crippen molar-refractivity contribution in [2.24, 2.45) is 0 Å². The molecular formula is C24H19ClF2N4O2S. The Morgan fingerprint density at radius 1 is 1.24 bits per heavy atom. The molecule has 174 valence electrons. The van der Waals surface area contributed by atoms with E-state index < -0.39 is 11.6 Å². The van der Waals surface area contributed by atoms with Gasteiger partial charge in [0.25, 0.3) is 0 Å². The number of amides is 1. The predicted octanol–water partition coefficient (Wildman–Crippen LogP) is 4.08. The fourth-order valence-corrected chi connectivity index (χ4v) is 6.91. The Balaban J connectivity index is 1.54. The molecule has 3 saturated heterocycles. The summed E-state index contributed by atoms with van der Waals surface area (Å²) in [6.07, 6.45) is 2.22. The molecule has 3 aromatic rings. The van der Waals surface area contributed by atoms with Crippen LogP contribution in [0.25, 0.3) is 22.0 Å². The zero-order valence-electron chi connectivity index (χ0n) is 17.9. The van der Waals surface area contributed by atoms with Crippen molar-refractivity contribution in [3.05, 3.63) is 64.1 Å². The van der Waals surface area contributed by atoms with Crippen LogP contribution < -0.4 is 10.6 Å². The monoisotopic (exact) mass is 500 g/mol. The van der Waals surface area contributed by atoms with Gasteiger partial charge in [-0.15, -0.1) is 11.8 Å². The minimum absolute atomic E-state index is 0.0423. The molecule has 10 heteroatoms. The number of thioether (sulfide) groups is 1. The Bertz CT molecular complexity index is 1450. The number of piperazine rings is 1. The van der Waals surface area contributed by atoms with Crippen molar-refractivity contribution >= 4 is 46.0 Å². The summed E-state index contributed by atoms with van der Waals surface area (Å²) in [4.78, 5) is 34.2. The van der Waals surface area contributed by atoms with E-state index in [9.17, 15) is 18.4 Å². The number of aromatic nitrogens is 2. The predicted molar refractivity (Wildman–Crippen MR) is 129 cm³/mol. The van der Waals surface area contributed by atoms with Gasteiger partial charge in [-0.25, -0.2) is 13.6 Å². The van der Waals surface area contributed by atoms with Crippen molar-refractivity contribution in [1.82, 2.24) is 14.5 Å². The molecule has 34 heavy (non-hydrogen) atoms. The van der Waals surface area contributed by atoms with Gasteiger partial charge in [0.1, 0.15) is 17.5 Å². The number of anilines is 1. The lowest BCUT2D eigenvalue weighted by Gasteiger charge is -2.57. The number of hydrogen-bond acceptors (Lipinski definition) is 5. The highest BCUT2D eigenvalue weighted by Crippen LogP contribution is 2.48. The van der Waals surface area contributed by atoms with Crippen LogP contribution in [0.15, 0.2) is 46.6 Å². The molecule has 2 aromatic carbocycles. The average molecular weight is 501 g/mol. The van der Waals surface area contributed by atoms with Crippen LogP contribution in [0.3, 0.4) is 0 Å². The maximum Gasteiger partial charge on any atom is 0.350 e. The number of aryl methyl sites for hydroxylation is 1. The Kier molecular flexibility index (Phi) is 4.97. The van der Waals surface area contributed by atoms with Gasteiger partial charge in [-0.2, -0.15) is 4.98 Å². The van der Waals surface area contributed by atoms with Crippen molar-refractivity contribution < 1.29 is 13.6 Å². The van der Waals surface area contributed by atoms with Gasteiger partial charge in [-0.1, -0.05) is 18.2 Å². The van der Waals surface area contributed by atoms with Gasteiger partial charge in [0.2, 0.25) is 5.91 Å². The first-order chi connectivity index (χ1) is 16.4. The summed E-state index contributed by atoms with van der Waals surface area (Å²) < 4.78 is 29.9. The summed E-state index contributed by atoms with van der Waals surface area (Å²) in [5.41, 5.74) is 0.932. The van der Waals surface area contributed by atoms with Gasteiger partial charge in [-0.05, 0) is 30.7 Å². The van der Waals surface area contributed by atoms with E-state index in [-0.39, 0.29) is 29.2 Å². The van der Waals surface area contributed by atoms with Crippen molar-refractivity contribution in [2.75, 3.05) is 23.7 Å². The van der Waals surface area contributed by atoms with Gasteiger partial charge >= 0.3 is 5.69 Å². The minimum atomic E-state index is -0.712. The SMILES string of the molecule is C=CC(=O)N1CC2CC(C1)N2c1nc(=O)n2c3c(c(-c4ccc(F)cc4F)c(Cl)cc13)SCC2. The molecule has 5 heterocycles. The van der Waals surface area contributed by atoms with E-state index in [2.05, 4.69) is 16.5 Å². The molecule has 0 spiro atoms. The number of carbonyl (C=O) groups is 1. The Labute approximate surface area is 202 Å². The van der Waals surface area contributed by atoms with Crippen LogP contribution in [0.1, 0.15) is 6.42 Å². The maximum absolute atomic E-state index is 14.8. The molecule has 2 bridgehead atoms. The second kappa shape index (κ2) is 7.81. The van der Waals surface area contributed by atoms with E-state index >= 15 is 0 Å². The van der Waals surface area contributed by atoms with Gasteiger partial charge in [0.05, 0.1) is 22.6 Å². The van der Waals surface area contributed by atoms with Crippen molar-refractivity contribution in [3.63, 3.8) is 0 Å². The van der Waals surface area contributed by atoms with Crippen LogP contribution in [0, 0.1) is 11.6 Å². The largest absolute Gasteiger partial charge is 0.350 e. The third-order valence-corrected chi connectivity index (χ3v) is 8.21. The van der Waals surface area contributed by atoms with E-state index in [0.29, 0.717) is 52.2 Å². The van der Waals surface area contributed by atoms with Crippen LogP contribution in [-0.2, 0) is 11.3 Å².